The van der Waals surface area contributed by atoms with Gasteiger partial charge in [-0.15, -0.1) is 10.2 Å². The van der Waals surface area contributed by atoms with Crippen molar-refractivity contribution in [1.82, 2.24) is 10.2 Å². The van der Waals surface area contributed by atoms with Crippen LogP contribution in [0.2, 0.25) is 0 Å². The third kappa shape index (κ3) is 4.16. The maximum Gasteiger partial charge on any atom is 0.325 e. The average Bonchev–Trinajstić information content (AvgIpc) is 3.10. The molecule has 0 saturated carbocycles. The van der Waals surface area contributed by atoms with Crippen LogP contribution in [0.1, 0.15) is 26.2 Å². The third-order valence-electron chi connectivity index (χ3n) is 4.34. The number of urea groups is 1. The quantitative estimate of drug-likeness (QED) is 0.828. The smallest absolute Gasteiger partial charge is 0.325 e. The van der Waals surface area contributed by atoms with Gasteiger partial charge in [0.25, 0.3) is 0 Å². The van der Waals surface area contributed by atoms with E-state index in [1.807, 2.05) is 0 Å². The number of rotatable bonds is 5. The lowest BCUT2D eigenvalue weighted by atomic mass is 10.1. The van der Waals surface area contributed by atoms with Crippen molar-refractivity contribution in [3.8, 4) is 11.5 Å². The van der Waals surface area contributed by atoms with Crippen LogP contribution in [0, 0.1) is 0 Å². The number of hydrogen-bond acceptors (Lipinski definition) is 7. The molecule has 3 rings (SSSR count). The Balaban J connectivity index is 1.64. The van der Waals surface area contributed by atoms with Crippen LogP contribution in [-0.2, 0) is 0 Å². The average molecular weight is 377 g/mol. The number of hydrogen-bond donors (Lipinski definition) is 2. The van der Waals surface area contributed by atoms with E-state index < -0.39 is 6.03 Å². The zero-order valence-corrected chi connectivity index (χ0v) is 15.9. The van der Waals surface area contributed by atoms with E-state index >= 15 is 0 Å². The Morgan fingerprint density at radius 2 is 2.08 bits per heavy atom. The molecule has 1 aromatic heterocycles. The van der Waals surface area contributed by atoms with Gasteiger partial charge in [0.2, 0.25) is 10.3 Å². The summed E-state index contributed by atoms with van der Waals surface area (Å²) in [7, 11) is 3.11. The van der Waals surface area contributed by atoms with Gasteiger partial charge in [-0.25, -0.2) is 4.79 Å². The van der Waals surface area contributed by atoms with Gasteiger partial charge in [0.1, 0.15) is 11.5 Å². The number of methoxy groups -OCH3 is 2. The first-order chi connectivity index (χ1) is 12.6. The fourth-order valence-electron chi connectivity index (χ4n) is 2.92. The van der Waals surface area contributed by atoms with Gasteiger partial charge in [-0.3, -0.25) is 5.32 Å². The van der Waals surface area contributed by atoms with E-state index in [1.165, 1.54) is 24.9 Å². The second-order valence-corrected chi connectivity index (χ2v) is 7.03. The van der Waals surface area contributed by atoms with Gasteiger partial charge in [-0.1, -0.05) is 11.3 Å². The number of benzene rings is 1. The Morgan fingerprint density at radius 1 is 1.23 bits per heavy atom. The van der Waals surface area contributed by atoms with E-state index in [-0.39, 0.29) is 0 Å². The molecule has 26 heavy (non-hydrogen) atoms. The molecule has 2 aromatic rings. The number of nitrogens with zero attached hydrogens (tertiary/aromatic N) is 3. The topological polar surface area (TPSA) is 88.6 Å². The minimum Gasteiger partial charge on any atom is -0.497 e. The Morgan fingerprint density at radius 3 is 2.81 bits per heavy atom. The van der Waals surface area contributed by atoms with Gasteiger partial charge in [0.15, 0.2) is 0 Å². The van der Waals surface area contributed by atoms with Crippen LogP contribution in [0.15, 0.2) is 18.2 Å². The molecule has 2 amide bonds. The molecule has 1 atom stereocenters. The van der Waals surface area contributed by atoms with Crippen LogP contribution in [0.5, 0.6) is 11.5 Å². The molecule has 1 aliphatic heterocycles. The Hall–Kier alpha value is -2.55. The van der Waals surface area contributed by atoms with E-state index in [0.29, 0.717) is 28.4 Å². The molecule has 0 radical (unpaired) electrons. The van der Waals surface area contributed by atoms with Crippen LogP contribution in [-0.4, -0.2) is 43.0 Å². The van der Waals surface area contributed by atoms with Crippen LogP contribution in [0.25, 0.3) is 0 Å². The van der Waals surface area contributed by atoms with Crippen LogP contribution in [0.3, 0.4) is 0 Å². The summed E-state index contributed by atoms with van der Waals surface area (Å²) in [6.07, 6.45) is 3.55. The van der Waals surface area contributed by atoms with E-state index in [4.69, 9.17) is 9.47 Å². The third-order valence-corrected chi connectivity index (χ3v) is 5.22. The molecule has 140 valence electrons. The Kier molecular flexibility index (Phi) is 5.77. The maximum atomic E-state index is 12.3. The molecule has 1 saturated heterocycles. The lowest BCUT2D eigenvalue weighted by Crippen LogP contribution is -2.37. The fourth-order valence-corrected chi connectivity index (χ4v) is 3.79. The summed E-state index contributed by atoms with van der Waals surface area (Å²) in [5, 5.41) is 15.1. The molecular weight excluding hydrogens is 354 g/mol. The minimum absolute atomic E-state index is 0.400. The van der Waals surface area contributed by atoms with Gasteiger partial charge in [-0.2, -0.15) is 0 Å². The monoisotopic (exact) mass is 377 g/mol. The maximum absolute atomic E-state index is 12.3. The number of ether oxygens (including phenoxy) is 2. The SMILES string of the molecule is COc1ccc(NC(=O)Nc2nnc(N3CCCC[C@@H]3C)s2)c(OC)c1. The minimum atomic E-state index is -0.400. The lowest BCUT2D eigenvalue weighted by Gasteiger charge is -2.32. The molecule has 2 N–H and O–H groups in total. The number of carbonyl (C=O) groups is 1. The molecule has 1 aliphatic rings. The van der Waals surface area contributed by atoms with Crippen molar-refractivity contribution in [3.05, 3.63) is 18.2 Å². The van der Waals surface area contributed by atoms with Gasteiger partial charge in [-0.05, 0) is 38.3 Å². The summed E-state index contributed by atoms with van der Waals surface area (Å²) >= 11 is 1.38. The predicted octanol–water partition coefficient (Wildman–Crippen LogP) is 3.58. The van der Waals surface area contributed by atoms with Crippen LogP contribution < -0.4 is 25.0 Å². The second kappa shape index (κ2) is 8.22. The van der Waals surface area contributed by atoms with Crippen LogP contribution in [0.4, 0.5) is 20.7 Å². The summed E-state index contributed by atoms with van der Waals surface area (Å²) in [6.45, 7) is 3.17. The van der Waals surface area contributed by atoms with Crippen molar-refractivity contribution < 1.29 is 14.3 Å². The van der Waals surface area contributed by atoms with E-state index in [9.17, 15) is 4.79 Å². The molecule has 0 spiro atoms. The molecule has 1 fully saturated rings. The number of carbonyl (C=O) groups excluding carboxylic acids is 1. The second-order valence-electron chi connectivity index (χ2n) is 6.07. The normalized spacial score (nSPS) is 16.9. The van der Waals surface area contributed by atoms with E-state index in [0.717, 1.165) is 24.5 Å². The molecule has 0 unspecified atom stereocenters. The highest BCUT2D eigenvalue weighted by molar-refractivity contribution is 7.19. The molecule has 8 nitrogen and oxygen atoms in total. The summed E-state index contributed by atoms with van der Waals surface area (Å²) in [5.74, 6) is 1.16. The number of nitrogens with one attached hydrogen (secondary N) is 2. The summed E-state index contributed by atoms with van der Waals surface area (Å²) in [6, 6.07) is 5.22. The molecule has 1 aromatic carbocycles. The van der Waals surface area contributed by atoms with Crippen LogP contribution >= 0.6 is 11.3 Å². The number of amides is 2. The van der Waals surface area contributed by atoms with Gasteiger partial charge in [0.05, 0.1) is 19.9 Å². The summed E-state index contributed by atoms with van der Waals surface area (Å²) < 4.78 is 10.4. The lowest BCUT2D eigenvalue weighted by molar-refractivity contribution is 0.262. The first kappa shape index (κ1) is 18.2. The fraction of sp³-hybridized carbons (Fsp3) is 0.471. The van der Waals surface area contributed by atoms with E-state index in [1.54, 1.807) is 25.3 Å². The van der Waals surface area contributed by atoms with Crippen molar-refractivity contribution in [2.75, 3.05) is 36.3 Å². The van der Waals surface area contributed by atoms with Crippen molar-refractivity contribution in [3.63, 3.8) is 0 Å². The summed E-state index contributed by atoms with van der Waals surface area (Å²) in [5.41, 5.74) is 0.542. The van der Waals surface area contributed by atoms with Gasteiger partial charge in [0, 0.05) is 18.7 Å². The van der Waals surface area contributed by atoms with Gasteiger partial charge < -0.3 is 19.7 Å². The Labute approximate surface area is 156 Å². The van der Waals surface area contributed by atoms with Crippen molar-refractivity contribution in [2.24, 2.45) is 0 Å². The number of aromatic nitrogens is 2. The molecule has 0 aliphatic carbocycles. The van der Waals surface area contributed by atoms with Gasteiger partial charge >= 0.3 is 6.03 Å². The first-order valence-corrected chi connectivity index (χ1v) is 9.32. The zero-order chi connectivity index (χ0) is 18.5. The summed E-state index contributed by atoms with van der Waals surface area (Å²) in [4.78, 5) is 14.5. The molecule has 0 bridgehead atoms. The largest absolute Gasteiger partial charge is 0.497 e. The first-order valence-electron chi connectivity index (χ1n) is 8.51. The Bertz CT molecular complexity index is 767. The highest BCUT2D eigenvalue weighted by Crippen LogP contribution is 2.31. The number of anilines is 3. The standard InChI is InChI=1S/C17H23N5O3S/c1-11-6-4-5-9-22(11)17-21-20-16(26-17)19-15(23)18-13-8-7-12(24-2)10-14(13)25-3/h7-8,10-11H,4-6,9H2,1-3H3,(H2,18,19,20,23)/t11-/m0/s1. The van der Waals surface area contributed by atoms with Crippen molar-refractivity contribution >= 4 is 33.3 Å². The molecule has 9 heteroatoms. The molecular formula is C17H23N5O3S. The highest BCUT2D eigenvalue weighted by atomic mass is 32.1. The molecule has 2 heterocycles. The van der Waals surface area contributed by atoms with Crippen molar-refractivity contribution in [2.45, 2.75) is 32.2 Å². The van der Waals surface area contributed by atoms with Crippen molar-refractivity contribution in [1.29, 1.82) is 0 Å². The zero-order valence-electron chi connectivity index (χ0n) is 15.1. The number of piperidine rings is 1. The highest BCUT2D eigenvalue weighted by Gasteiger charge is 2.22. The predicted molar refractivity (Wildman–Crippen MR) is 103 cm³/mol. The van der Waals surface area contributed by atoms with E-state index in [2.05, 4.69) is 32.7 Å².